The van der Waals surface area contributed by atoms with Crippen LogP contribution in [0.5, 0.6) is 17.2 Å². The van der Waals surface area contributed by atoms with Crippen molar-refractivity contribution in [2.45, 2.75) is 6.04 Å². The number of carbonyl (C=O) groups excluding carboxylic acids is 1. The molecule has 4 rings (SSSR count). The Labute approximate surface area is 201 Å². The molecule has 0 aliphatic heterocycles. The summed E-state index contributed by atoms with van der Waals surface area (Å²) in [6.07, 6.45) is 0. The number of methoxy groups -OCH3 is 3. The molecule has 1 aromatic heterocycles. The molecule has 0 aliphatic rings. The number of amides is 1. The van der Waals surface area contributed by atoms with Gasteiger partial charge >= 0.3 is 0 Å². The normalized spacial score (nSPS) is 11.5. The van der Waals surface area contributed by atoms with E-state index in [0.717, 1.165) is 5.56 Å². The van der Waals surface area contributed by atoms with E-state index in [2.05, 4.69) is 15.5 Å². The number of halogens is 1. The number of aromatic nitrogens is 2. The molecule has 0 aliphatic carbocycles. The molecule has 0 spiro atoms. The minimum atomic E-state index is -0.693. The lowest BCUT2D eigenvalue weighted by Crippen LogP contribution is -2.29. The zero-order chi connectivity index (χ0) is 24.1. The van der Waals surface area contributed by atoms with Crippen LogP contribution in [0.25, 0.3) is 11.5 Å². The summed E-state index contributed by atoms with van der Waals surface area (Å²) in [5, 5.41) is 11.9. The van der Waals surface area contributed by atoms with Crippen molar-refractivity contribution >= 4 is 17.5 Å². The number of nitrogens with zero attached hydrogens (tertiary/aromatic N) is 2. The Bertz CT molecular complexity index is 1250. The Morgan fingerprint density at radius 2 is 1.56 bits per heavy atom. The lowest BCUT2D eigenvalue weighted by atomic mass is 10.1. The Hall–Kier alpha value is -4.04. The van der Waals surface area contributed by atoms with E-state index in [4.69, 9.17) is 30.2 Å². The molecule has 9 heteroatoms. The maximum atomic E-state index is 13.3. The topological polar surface area (TPSA) is 95.7 Å². The maximum Gasteiger partial charge on any atom is 0.252 e. The van der Waals surface area contributed by atoms with Gasteiger partial charge in [-0.05, 0) is 42.0 Å². The van der Waals surface area contributed by atoms with Crippen LogP contribution in [0.4, 0.5) is 0 Å². The molecule has 0 radical (unpaired) electrons. The van der Waals surface area contributed by atoms with Crippen molar-refractivity contribution in [1.29, 1.82) is 0 Å². The first-order valence-corrected chi connectivity index (χ1v) is 10.7. The summed E-state index contributed by atoms with van der Waals surface area (Å²) in [7, 11) is 4.48. The molecule has 8 nitrogen and oxygen atoms in total. The van der Waals surface area contributed by atoms with Crippen LogP contribution in [0.3, 0.4) is 0 Å². The van der Waals surface area contributed by atoms with Gasteiger partial charge in [0.15, 0.2) is 11.5 Å². The van der Waals surface area contributed by atoms with E-state index in [1.165, 1.54) is 21.3 Å². The number of ether oxygens (including phenoxy) is 3. The van der Waals surface area contributed by atoms with Crippen molar-refractivity contribution in [1.82, 2.24) is 15.5 Å². The van der Waals surface area contributed by atoms with Gasteiger partial charge in [-0.1, -0.05) is 41.9 Å². The first kappa shape index (κ1) is 23.1. The molecule has 4 aromatic rings. The minimum Gasteiger partial charge on any atom is -0.493 e. The van der Waals surface area contributed by atoms with Crippen LogP contribution in [0.15, 0.2) is 71.1 Å². The summed E-state index contributed by atoms with van der Waals surface area (Å²) in [4.78, 5) is 13.3. The first-order valence-electron chi connectivity index (χ1n) is 10.3. The number of rotatable bonds is 8. The Kier molecular flexibility index (Phi) is 6.98. The van der Waals surface area contributed by atoms with E-state index in [1.54, 1.807) is 36.4 Å². The maximum absolute atomic E-state index is 13.3. The van der Waals surface area contributed by atoms with Crippen LogP contribution in [-0.4, -0.2) is 37.4 Å². The fourth-order valence-corrected chi connectivity index (χ4v) is 3.55. The van der Waals surface area contributed by atoms with E-state index in [1.807, 2.05) is 30.3 Å². The third-order valence-corrected chi connectivity index (χ3v) is 5.37. The molecule has 0 unspecified atom stereocenters. The second-order valence-electron chi connectivity index (χ2n) is 7.18. The monoisotopic (exact) mass is 479 g/mol. The highest BCUT2D eigenvalue weighted by molar-refractivity contribution is 6.30. The van der Waals surface area contributed by atoms with Crippen LogP contribution >= 0.6 is 11.6 Å². The lowest BCUT2D eigenvalue weighted by Gasteiger charge is -2.17. The van der Waals surface area contributed by atoms with Gasteiger partial charge in [-0.2, -0.15) is 0 Å². The standard InChI is InChI=1S/C25H22ClN3O5/c1-31-19-13-17(14-20(32-2)22(19)33-3)23(30)27-21(15-7-5-4-6-8-15)25-29-28-24(34-25)16-9-11-18(26)12-10-16/h4-14,21H,1-3H3,(H,27,30)/t21-/m1/s1. The van der Waals surface area contributed by atoms with E-state index in [0.29, 0.717) is 39.3 Å². The van der Waals surface area contributed by atoms with Crippen molar-refractivity contribution in [3.63, 3.8) is 0 Å². The van der Waals surface area contributed by atoms with E-state index < -0.39 is 6.04 Å². The summed E-state index contributed by atoms with van der Waals surface area (Å²) < 4.78 is 22.0. The van der Waals surface area contributed by atoms with E-state index in [9.17, 15) is 4.79 Å². The van der Waals surface area contributed by atoms with E-state index >= 15 is 0 Å². The summed E-state index contributed by atoms with van der Waals surface area (Å²) in [5.41, 5.74) is 1.80. The van der Waals surface area contributed by atoms with Crippen LogP contribution in [0.1, 0.15) is 27.9 Å². The van der Waals surface area contributed by atoms with E-state index in [-0.39, 0.29) is 11.8 Å². The largest absolute Gasteiger partial charge is 0.493 e. The van der Waals surface area contributed by atoms with Crippen LogP contribution in [0.2, 0.25) is 5.02 Å². The first-order chi connectivity index (χ1) is 16.5. The molecular weight excluding hydrogens is 458 g/mol. The number of benzene rings is 3. The Morgan fingerprint density at radius 3 is 2.15 bits per heavy atom. The summed E-state index contributed by atoms with van der Waals surface area (Å²) >= 11 is 5.97. The van der Waals surface area contributed by atoms with Gasteiger partial charge in [0, 0.05) is 16.1 Å². The molecule has 0 bridgehead atoms. The molecule has 1 heterocycles. The van der Waals surface area contributed by atoms with Crippen LogP contribution in [-0.2, 0) is 0 Å². The Balaban J connectivity index is 1.69. The Morgan fingerprint density at radius 1 is 0.912 bits per heavy atom. The third-order valence-electron chi connectivity index (χ3n) is 5.11. The van der Waals surface area contributed by atoms with Gasteiger partial charge in [-0.3, -0.25) is 4.79 Å². The number of carbonyl (C=O) groups is 1. The van der Waals surface area contributed by atoms with Gasteiger partial charge in [0.05, 0.1) is 21.3 Å². The summed E-state index contributed by atoms with van der Waals surface area (Å²) in [6.45, 7) is 0. The molecule has 1 N–H and O–H groups in total. The molecule has 34 heavy (non-hydrogen) atoms. The van der Waals surface area contributed by atoms with Crippen molar-refractivity contribution in [2.24, 2.45) is 0 Å². The van der Waals surface area contributed by atoms with Gasteiger partial charge in [0.2, 0.25) is 17.5 Å². The molecule has 0 saturated carbocycles. The molecule has 1 atom stereocenters. The van der Waals surface area contributed by atoms with Gasteiger partial charge in [-0.25, -0.2) is 0 Å². The fraction of sp³-hybridized carbons (Fsp3) is 0.160. The van der Waals surface area contributed by atoms with Gasteiger partial charge in [0.25, 0.3) is 5.91 Å². The predicted octanol–water partition coefficient (Wildman–Crippen LogP) is 4.94. The molecule has 174 valence electrons. The second kappa shape index (κ2) is 10.3. The average Bonchev–Trinajstić information content (AvgIpc) is 3.37. The van der Waals surface area contributed by atoms with Crippen molar-refractivity contribution in [2.75, 3.05) is 21.3 Å². The van der Waals surface area contributed by atoms with Gasteiger partial charge < -0.3 is 23.9 Å². The minimum absolute atomic E-state index is 0.233. The van der Waals surface area contributed by atoms with Crippen molar-refractivity contribution in [3.8, 4) is 28.7 Å². The van der Waals surface area contributed by atoms with Crippen molar-refractivity contribution < 1.29 is 23.4 Å². The lowest BCUT2D eigenvalue weighted by molar-refractivity contribution is 0.0937. The molecule has 0 saturated heterocycles. The molecule has 3 aromatic carbocycles. The highest BCUT2D eigenvalue weighted by atomic mass is 35.5. The zero-order valence-corrected chi connectivity index (χ0v) is 19.5. The molecule has 0 fully saturated rings. The number of hydrogen-bond donors (Lipinski definition) is 1. The highest BCUT2D eigenvalue weighted by Crippen LogP contribution is 2.38. The van der Waals surface area contributed by atoms with Crippen LogP contribution < -0.4 is 19.5 Å². The quantitative estimate of drug-likeness (QED) is 0.382. The van der Waals surface area contributed by atoms with Gasteiger partial charge in [-0.15, -0.1) is 10.2 Å². The summed E-state index contributed by atoms with van der Waals surface area (Å²) in [5.74, 6) is 1.29. The average molecular weight is 480 g/mol. The molecule has 1 amide bonds. The van der Waals surface area contributed by atoms with Gasteiger partial charge in [0.1, 0.15) is 6.04 Å². The van der Waals surface area contributed by atoms with Crippen molar-refractivity contribution in [3.05, 3.63) is 88.8 Å². The number of nitrogens with one attached hydrogen (secondary N) is 1. The second-order valence-corrected chi connectivity index (χ2v) is 7.62. The SMILES string of the molecule is COc1cc(C(=O)N[C@H](c2ccccc2)c2nnc(-c3ccc(Cl)cc3)o2)cc(OC)c1OC. The van der Waals surface area contributed by atoms with Crippen LogP contribution in [0, 0.1) is 0 Å². The number of hydrogen-bond acceptors (Lipinski definition) is 7. The zero-order valence-electron chi connectivity index (χ0n) is 18.7. The summed E-state index contributed by atoms with van der Waals surface area (Å²) in [6, 6.07) is 18.8. The fourth-order valence-electron chi connectivity index (χ4n) is 3.42. The smallest absolute Gasteiger partial charge is 0.252 e. The predicted molar refractivity (Wildman–Crippen MR) is 127 cm³/mol. The highest BCUT2D eigenvalue weighted by Gasteiger charge is 2.25. The third kappa shape index (κ3) is 4.82. The molecular formula is C25H22ClN3O5.